The monoisotopic (exact) mass is 525 g/mol. The van der Waals surface area contributed by atoms with E-state index in [4.69, 9.17) is 21.7 Å². The maximum Gasteiger partial charge on any atom is 2.00 e. The van der Waals surface area contributed by atoms with Gasteiger partial charge in [-0.3, -0.25) is 9.97 Å². The molecular weight excluding hydrogens is 504 g/mol. The largest absolute Gasteiger partial charge is 2.00 e. The van der Waals surface area contributed by atoms with Gasteiger partial charge in [0.2, 0.25) is 0 Å². The Labute approximate surface area is 212 Å². The van der Waals surface area contributed by atoms with Crippen LogP contribution in [0.1, 0.15) is 20.7 Å². The van der Waals surface area contributed by atoms with Gasteiger partial charge < -0.3 is 41.5 Å². The SMILES string of the molecule is Nc1cccnc1.Nc1cccnc1.O=C([O-])c1ccccc1O.O=C([O-])c1ccccc1O.[Cu+2]. The summed E-state index contributed by atoms with van der Waals surface area (Å²) >= 11 is 0. The number of phenols is 2. The van der Waals surface area contributed by atoms with Crippen molar-refractivity contribution in [2.75, 3.05) is 11.5 Å². The number of nitrogen functional groups attached to an aromatic ring is 2. The van der Waals surface area contributed by atoms with Crippen LogP contribution in [0.15, 0.2) is 97.6 Å². The van der Waals surface area contributed by atoms with Crippen LogP contribution in [0.5, 0.6) is 11.5 Å². The Morgan fingerprint density at radius 3 is 1.14 bits per heavy atom. The fraction of sp³-hybridized carbons (Fsp3) is 0. The quantitative estimate of drug-likeness (QED) is 0.272. The molecule has 35 heavy (non-hydrogen) atoms. The Balaban J connectivity index is 0.000000442. The summed E-state index contributed by atoms with van der Waals surface area (Å²) in [6, 6.07) is 18.5. The van der Waals surface area contributed by atoms with E-state index in [-0.39, 0.29) is 39.7 Å². The molecule has 0 atom stereocenters. The molecule has 11 heteroatoms. The van der Waals surface area contributed by atoms with Crippen LogP contribution in [0.25, 0.3) is 0 Å². The first-order valence-corrected chi connectivity index (χ1v) is 9.52. The number of nitrogens with two attached hydrogens (primary N) is 2. The van der Waals surface area contributed by atoms with E-state index in [1.165, 1.54) is 36.4 Å². The van der Waals surface area contributed by atoms with E-state index >= 15 is 0 Å². The fourth-order valence-electron chi connectivity index (χ4n) is 2.04. The summed E-state index contributed by atoms with van der Waals surface area (Å²) in [5, 5.41) is 38.0. The third kappa shape index (κ3) is 12.9. The van der Waals surface area contributed by atoms with Crippen LogP contribution >= 0.6 is 0 Å². The minimum absolute atomic E-state index is 0. The zero-order valence-corrected chi connectivity index (χ0v) is 19.1. The number of pyridine rings is 2. The number of aromatic hydroxyl groups is 2. The molecule has 2 heterocycles. The van der Waals surface area contributed by atoms with Gasteiger partial charge in [-0.15, -0.1) is 0 Å². The zero-order chi connectivity index (χ0) is 25.3. The second-order valence-electron chi connectivity index (χ2n) is 6.18. The first-order valence-electron chi connectivity index (χ1n) is 9.52. The number of carbonyl (C=O) groups excluding carboxylic acids is 2. The van der Waals surface area contributed by atoms with Crippen LogP contribution in [0.2, 0.25) is 0 Å². The Kier molecular flexibility index (Phi) is 14.7. The summed E-state index contributed by atoms with van der Waals surface area (Å²) in [4.78, 5) is 27.8. The van der Waals surface area contributed by atoms with Gasteiger partial charge in [0.25, 0.3) is 0 Å². The molecule has 0 aliphatic heterocycles. The van der Waals surface area contributed by atoms with Crippen molar-refractivity contribution >= 4 is 23.3 Å². The topological polar surface area (TPSA) is 199 Å². The van der Waals surface area contributed by atoms with Crippen LogP contribution in [-0.4, -0.2) is 32.1 Å². The molecule has 0 fully saturated rings. The summed E-state index contributed by atoms with van der Waals surface area (Å²) in [5.41, 5.74) is 11.7. The Hall–Kier alpha value is -4.60. The van der Waals surface area contributed by atoms with E-state index in [9.17, 15) is 19.8 Å². The summed E-state index contributed by atoms with van der Waals surface area (Å²) in [6.45, 7) is 0. The normalized spacial score (nSPS) is 8.69. The van der Waals surface area contributed by atoms with Crippen LogP contribution in [0.3, 0.4) is 0 Å². The predicted molar refractivity (Wildman–Crippen MR) is 122 cm³/mol. The van der Waals surface area contributed by atoms with Gasteiger partial charge in [-0.2, -0.15) is 0 Å². The van der Waals surface area contributed by atoms with E-state index in [1.54, 1.807) is 61.2 Å². The van der Waals surface area contributed by atoms with Crippen molar-refractivity contribution in [3.63, 3.8) is 0 Å². The van der Waals surface area contributed by atoms with E-state index in [1.807, 2.05) is 0 Å². The van der Waals surface area contributed by atoms with Gasteiger partial charge in [0.1, 0.15) is 11.5 Å². The molecular formula is C24H22CuN4O6. The van der Waals surface area contributed by atoms with Gasteiger partial charge >= 0.3 is 17.1 Å². The molecule has 0 bridgehead atoms. The van der Waals surface area contributed by atoms with Crippen molar-refractivity contribution in [1.82, 2.24) is 9.97 Å². The molecule has 0 saturated carbocycles. The van der Waals surface area contributed by atoms with Crippen LogP contribution in [0.4, 0.5) is 11.4 Å². The molecule has 0 amide bonds. The molecule has 2 aromatic heterocycles. The maximum atomic E-state index is 10.2. The molecule has 4 rings (SSSR count). The number of nitrogens with zero attached hydrogens (tertiary/aromatic N) is 2. The second kappa shape index (κ2) is 17.0. The Morgan fingerprint density at radius 1 is 0.629 bits per heavy atom. The molecule has 0 aliphatic rings. The number of para-hydroxylation sites is 2. The Morgan fingerprint density at radius 2 is 0.971 bits per heavy atom. The number of benzene rings is 2. The third-order valence-corrected chi connectivity index (χ3v) is 3.62. The van der Waals surface area contributed by atoms with Crippen molar-refractivity contribution in [2.45, 2.75) is 0 Å². The molecule has 4 aromatic rings. The van der Waals surface area contributed by atoms with Crippen molar-refractivity contribution in [3.05, 3.63) is 109 Å². The maximum absolute atomic E-state index is 10.2. The summed E-state index contributed by atoms with van der Waals surface area (Å²) in [5.74, 6) is -3.25. The van der Waals surface area contributed by atoms with Crippen LogP contribution in [-0.2, 0) is 17.1 Å². The molecule has 0 saturated heterocycles. The number of carboxylic acid groups (broad SMARTS) is 2. The summed E-state index contributed by atoms with van der Waals surface area (Å²) in [7, 11) is 0. The van der Waals surface area contributed by atoms with Gasteiger partial charge in [0, 0.05) is 35.9 Å². The minimum atomic E-state index is -1.36. The van der Waals surface area contributed by atoms with E-state index < -0.39 is 11.9 Å². The number of anilines is 2. The molecule has 0 unspecified atom stereocenters. The number of carboxylic acids is 2. The van der Waals surface area contributed by atoms with Gasteiger partial charge in [0.15, 0.2) is 0 Å². The Bertz CT molecular complexity index is 1070. The van der Waals surface area contributed by atoms with Crippen molar-refractivity contribution in [2.24, 2.45) is 0 Å². The number of rotatable bonds is 2. The zero-order valence-electron chi connectivity index (χ0n) is 18.1. The molecule has 0 spiro atoms. The van der Waals surface area contributed by atoms with Crippen molar-refractivity contribution in [3.8, 4) is 11.5 Å². The molecule has 2 aromatic carbocycles. The van der Waals surface area contributed by atoms with Gasteiger partial charge in [-0.25, -0.2) is 0 Å². The van der Waals surface area contributed by atoms with Crippen molar-refractivity contribution in [1.29, 1.82) is 0 Å². The third-order valence-electron chi connectivity index (χ3n) is 3.62. The molecule has 1 radical (unpaired) electrons. The van der Waals surface area contributed by atoms with Crippen molar-refractivity contribution < 1.29 is 47.1 Å². The summed E-state index contributed by atoms with van der Waals surface area (Å²) in [6.07, 6.45) is 6.60. The van der Waals surface area contributed by atoms with Gasteiger partial charge in [-0.05, 0) is 48.5 Å². The molecule has 10 nitrogen and oxygen atoms in total. The molecule has 0 aliphatic carbocycles. The average molecular weight is 526 g/mol. The van der Waals surface area contributed by atoms with E-state index in [2.05, 4.69) is 9.97 Å². The smallest absolute Gasteiger partial charge is 0.545 e. The van der Waals surface area contributed by atoms with Gasteiger partial charge in [0.05, 0.1) is 23.3 Å². The van der Waals surface area contributed by atoms with E-state index in [0.717, 1.165) is 0 Å². The fourth-order valence-corrected chi connectivity index (χ4v) is 2.04. The average Bonchev–Trinajstić information content (AvgIpc) is 2.82. The predicted octanol–water partition coefficient (Wildman–Crippen LogP) is 0.836. The molecule has 185 valence electrons. The standard InChI is InChI=1S/2C7H6O3.2C5H6N2.Cu/c2*8-6-4-2-1-3-5(6)7(9)10;2*6-5-2-1-3-7-4-5;/h2*1-4,8H,(H,9,10);2*1-4H,6H2;/q;;;;+2/p-2. The van der Waals surface area contributed by atoms with E-state index in [0.29, 0.717) is 11.4 Å². The van der Waals surface area contributed by atoms with Crippen LogP contribution in [0, 0.1) is 0 Å². The number of carbonyl (C=O) groups is 2. The first kappa shape index (κ1) is 30.4. The minimum Gasteiger partial charge on any atom is -0.545 e. The van der Waals surface area contributed by atoms with Gasteiger partial charge in [-0.1, -0.05) is 24.3 Å². The first-order chi connectivity index (χ1) is 16.2. The number of hydrogen-bond donors (Lipinski definition) is 4. The summed E-state index contributed by atoms with van der Waals surface area (Å²) < 4.78 is 0. The number of aromatic carboxylic acids is 2. The number of aromatic nitrogens is 2. The molecule has 6 N–H and O–H groups in total. The van der Waals surface area contributed by atoms with Crippen LogP contribution < -0.4 is 21.7 Å². The second-order valence-corrected chi connectivity index (χ2v) is 6.18. The number of hydrogen-bond acceptors (Lipinski definition) is 10.